The second-order valence-corrected chi connectivity index (χ2v) is 8.40. The molecule has 0 aliphatic heterocycles. The number of nitrogens with one attached hydrogen (secondary N) is 1. The van der Waals surface area contributed by atoms with E-state index in [4.69, 9.17) is 4.74 Å². The maximum atomic E-state index is 5.87. The lowest BCUT2D eigenvalue weighted by Gasteiger charge is -2.18. The molecule has 1 N–H and O–H groups in total. The van der Waals surface area contributed by atoms with Crippen LogP contribution in [0.1, 0.15) is 23.8 Å². The van der Waals surface area contributed by atoms with Crippen LogP contribution in [-0.4, -0.2) is 9.97 Å². The second kappa shape index (κ2) is 7.24. The SMILES string of the molecule is CC1CCc2c(sc3ncnc(Nc4ccc(Oc5ccccc5)cc4)c23)C1. The minimum atomic E-state index is 0.752. The standard InChI is InChI=1S/C23H21N3OS/c1-15-7-12-19-20(13-15)28-23-21(19)22(24-14-25-23)26-16-8-10-18(11-9-16)27-17-5-3-2-4-6-17/h2-6,8-11,14-15H,7,12-13H2,1H3,(H,24,25,26). The van der Waals surface area contributed by atoms with Gasteiger partial charge in [-0.1, -0.05) is 25.1 Å². The first-order valence-electron chi connectivity index (χ1n) is 9.61. The number of ether oxygens (including phenoxy) is 1. The first-order chi connectivity index (χ1) is 13.8. The third-order valence-corrected chi connectivity index (χ3v) is 6.35. The average Bonchev–Trinajstić information content (AvgIpc) is 3.08. The van der Waals surface area contributed by atoms with Gasteiger partial charge in [0.15, 0.2) is 0 Å². The lowest BCUT2D eigenvalue weighted by molar-refractivity contribution is 0.483. The Balaban J connectivity index is 1.41. The summed E-state index contributed by atoms with van der Waals surface area (Å²) < 4.78 is 5.87. The van der Waals surface area contributed by atoms with Gasteiger partial charge in [-0.15, -0.1) is 11.3 Å². The smallest absolute Gasteiger partial charge is 0.142 e. The highest BCUT2D eigenvalue weighted by molar-refractivity contribution is 7.19. The molecule has 1 unspecified atom stereocenters. The molecule has 0 amide bonds. The topological polar surface area (TPSA) is 47.0 Å². The van der Waals surface area contributed by atoms with Gasteiger partial charge in [-0.05, 0) is 67.1 Å². The van der Waals surface area contributed by atoms with Gasteiger partial charge in [-0.2, -0.15) is 0 Å². The van der Waals surface area contributed by atoms with Crippen LogP contribution in [0.4, 0.5) is 11.5 Å². The first kappa shape index (κ1) is 17.2. The number of aromatic nitrogens is 2. The summed E-state index contributed by atoms with van der Waals surface area (Å²) in [7, 11) is 0. The van der Waals surface area contributed by atoms with E-state index in [1.165, 1.54) is 22.2 Å². The number of nitrogens with zero attached hydrogens (tertiary/aromatic N) is 2. The Morgan fingerprint density at radius 1 is 1.00 bits per heavy atom. The number of aryl methyl sites for hydroxylation is 1. The molecule has 1 aliphatic rings. The number of thiophene rings is 1. The summed E-state index contributed by atoms with van der Waals surface area (Å²) in [6.07, 6.45) is 5.16. The van der Waals surface area contributed by atoms with Gasteiger partial charge in [-0.25, -0.2) is 9.97 Å². The zero-order chi connectivity index (χ0) is 18.9. The van der Waals surface area contributed by atoms with Crippen molar-refractivity contribution in [1.29, 1.82) is 0 Å². The second-order valence-electron chi connectivity index (χ2n) is 7.32. The molecule has 140 valence electrons. The number of rotatable bonds is 4. The largest absolute Gasteiger partial charge is 0.457 e. The van der Waals surface area contributed by atoms with Crippen LogP contribution in [0.3, 0.4) is 0 Å². The van der Waals surface area contributed by atoms with Crippen molar-refractivity contribution in [3.63, 3.8) is 0 Å². The molecule has 4 aromatic rings. The van der Waals surface area contributed by atoms with Crippen LogP contribution >= 0.6 is 11.3 Å². The molecule has 28 heavy (non-hydrogen) atoms. The predicted molar refractivity (Wildman–Crippen MR) is 115 cm³/mol. The van der Waals surface area contributed by atoms with Crippen molar-refractivity contribution in [3.8, 4) is 11.5 Å². The third kappa shape index (κ3) is 3.34. The van der Waals surface area contributed by atoms with Gasteiger partial charge in [0.1, 0.15) is 28.5 Å². The van der Waals surface area contributed by atoms with Gasteiger partial charge < -0.3 is 10.1 Å². The lowest BCUT2D eigenvalue weighted by atomic mass is 9.89. The van der Waals surface area contributed by atoms with Crippen molar-refractivity contribution in [2.45, 2.75) is 26.2 Å². The fourth-order valence-corrected chi connectivity index (χ4v) is 5.09. The third-order valence-electron chi connectivity index (χ3n) is 5.19. The Labute approximate surface area is 168 Å². The number of hydrogen-bond donors (Lipinski definition) is 1. The summed E-state index contributed by atoms with van der Waals surface area (Å²) in [5, 5.41) is 4.68. The summed E-state index contributed by atoms with van der Waals surface area (Å²) >= 11 is 1.82. The van der Waals surface area contributed by atoms with Crippen LogP contribution in [-0.2, 0) is 12.8 Å². The molecule has 0 spiro atoms. The summed E-state index contributed by atoms with van der Waals surface area (Å²) in [5.74, 6) is 3.29. The summed E-state index contributed by atoms with van der Waals surface area (Å²) in [5.41, 5.74) is 2.43. The Morgan fingerprint density at radius 2 is 1.79 bits per heavy atom. The summed E-state index contributed by atoms with van der Waals surface area (Å²) in [6, 6.07) is 17.8. The molecule has 4 nitrogen and oxygen atoms in total. The van der Waals surface area contributed by atoms with Crippen molar-refractivity contribution < 1.29 is 4.74 Å². The highest BCUT2D eigenvalue weighted by Gasteiger charge is 2.23. The van der Waals surface area contributed by atoms with Crippen LogP contribution in [0.5, 0.6) is 11.5 Å². The molecule has 2 aromatic carbocycles. The summed E-state index contributed by atoms with van der Waals surface area (Å²) in [6.45, 7) is 2.33. The van der Waals surface area contributed by atoms with E-state index in [2.05, 4.69) is 22.2 Å². The van der Waals surface area contributed by atoms with Crippen LogP contribution in [0.15, 0.2) is 60.9 Å². The molecule has 2 heterocycles. The lowest BCUT2D eigenvalue weighted by Crippen LogP contribution is -2.09. The van der Waals surface area contributed by atoms with E-state index >= 15 is 0 Å². The van der Waals surface area contributed by atoms with Crippen molar-refractivity contribution in [2.24, 2.45) is 5.92 Å². The van der Waals surface area contributed by atoms with Crippen LogP contribution in [0.2, 0.25) is 0 Å². The molecule has 5 rings (SSSR count). The molecule has 0 radical (unpaired) electrons. The fraction of sp³-hybridized carbons (Fsp3) is 0.217. The molecular formula is C23H21N3OS. The van der Waals surface area contributed by atoms with Gasteiger partial charge in [-0.3, -0.25) is 0 Å². The number of para-hydroxylation sites is 1. The summed E-state index contributed by atoms with van der Waals surface area (Å²) in [4.78, 5) is 11.6. The van der Waals surface area contributed by atoms with Gasteiger partial charge in [0.05, 0.1) is 5.39 Å². The molecule has 2 aromatic heterocycles. The van der Waals surface area contributed by atoms with E-state index < -0.39 is 0 Å². The number of hydrogen-bond acceptors (Lipinski definition) is 5. The van der Waals surface area contributed by atoms with E-state index in [9.17, 15) is 0 Å². The molecular weight excluding hydrogens is 366 g/mol. The minimum Gasteiger partial charge on any atom is -0.457 e. The zero-order valence-electron chi connectivity index (χ0n) is 15.7. The van der Waals surface area contributed by atoms with Crippen LogP contribution in [0.25, 0.3) is 10.2 Å². The van der Waals surface area contributed by atoms with Crippen molar-refractivity contribution in [3.05, 3.63) is 71.4 Å². The van der Waals surface area contributed by atoms with Crippen LogP contribution < -0.4 is 10.1 Å². The number of benzene rings is 2. The van der Waals surface area contributed by atoms with Crippen molar-refractivity contribution in [1.82, 2.24) is 9.97 Å². The maximum absolute atomic E-state index is 5.87. The zero-order valence-corrected chi connectivity index (χ0v) is 16.5. The van der Waals surface area contributed by atoms with E-state index in [0.717, 1.165) is 46.6 Å². The van der Waals surface area contributed by atoms with E-state index in [1.807, 2.05) is 65.9 Å². The van der Waals surface area contributed by atoms with E-state index in [0.29, 0.717) is 0 Å². The predicted octanol–water partition coefficient (Wildman–Crippen LogP) is 6.35. The number of anilines is 2. The Hall–Kier alpha value is -2.92. The maximum Gasteiger partial charge on any atom is 0.142 e. The molecule has 1 aliphatic carbocycles. The normalized spacial score (nSPS) is 16.0. The van der Waals surface area contributed by atoms with Crippen molar-refractivity contribution >= 4 is 33.1 Å². The fourth-order valence-electron chi connectivity index (χ4n) is 3.74. The Morgan fingerprint density at radius 3 is 2.61 bits per heavy atom. The molecule has 0 bridgehead atoms. The van der Waals surface area contributed by atoms with E-state index in [1.54, 1.807) is 6.33 Å². The highest BCUT2D eigenvalue weighted by atomic mass is 32.1. The molecule has 0 saturated heterocycles. The van der Waals surface area contributed by atoms with Gasteiger partial charge in [0, 0.05) is 10.6 Å². The Bertz CT molecular complexity index is 1110. The average molecular weight is 388 g/mol. The van der Waals surface area contributed by atoms with E-state index in [-0.39, 0.29) is 0 Å². The van der Waals surface area contributed by atoms with Gasteiger partial charge >= 0.3 is 0 Å². The quantitative estimate of drug-likeness (QED) is 0.443. The van der Waals surface area contributed by atoms with Crippen LogP contribution in [0, 0.1) is 5.92 Å². The highest BCUT2D eigenvalue weighted by Crippen LogP contribution is 2.40. The van der Waals surface area contributed by atoms with Crippen molar-refractivity contribution in [2.75, 3.05) is 5.32 Å². The molecule has 5 heteroatoms. The molecule has 0 fully saturated rings. The van der Waals surface area contributed by atoms with Gasteiger partial charge in [0.2, 0.25) is 0 Å². The first-order valence-corrected chi connectivity index (χ1v) is 10.4. The molecule has 1 atom stereocenters. The molecule has 0 saturated carbocycles. The minimum absolute atomic E-state index is 0.752. The number of fused-ring (bicyclic) bond motifs is 3. The van der Waals surface area contributed by atoms with Gasteiger partial charge in [0.25, 0.3) is 0 Å². The monoisotopic (exact) mass is 387 g/mol. The Kier molecular flexibility index (Phi) is 4.45.